The van der Waals surface area contributed by atoms with Crippen LogP contribution >= 0.6 is 50.7 Å². The van der Waals surface area contributed by atoms with E-state index in [1.165, 1.54) is 13.2 Å². The lowest BCUT2D eigenvalue weighted by atomic mass is 10.1. The number of anilines is 1. The van der Waals surface area contributed by atoms with Gasteiger partial charge in [-0.2, -0.15) is 0 Å². The topological polar surface area (TPSA) is 84.9 Å². The fourth-order valence-corrected chi connectivity index (χ4v) is 4.69. The lowest BCUT2D eigenvalue weighted by molar-refractivity contribution is -0.122. The van der Waals surface area contributed by atoms with E-state index < -0.39 is 17.8 Å². The van der Waals surface area contributed by atoms with E-state index in [1.54, 1.807) is 55.5 Å². The van der Waals surface area contributed by atoms with Gasteiger partial charge in [-0.15, -0.1) is 0 Å². The summed E-state index contributed by atoms with van der Waals surface area (Å²) in [6.07, 6.45) is 1.37. The van der Waals surface area contributed by atoms with E-state index in [2.05, 4.69) is 21.2 Å². The van der Waals surface area contributed by atoms with Crippen molar-refractivity contribution < 1.29 is 23.9 Å². The molecule has 1 aliphatic heterocycles. The largest absolute Gasteiger partial charge is 0.493 e. The second kappa shape index (κ2) is 11.1. The number of imide groups is 2. The highest BCUT2D eigenvalue weighted by Gasteiger charge is 2.37. The molecule has 0 aliphatic carbocycles. The fraction of sp³-hybridized carbons (Fsp3) is 0.115. The zero-order valence-corrected chi connectivity index (χ0v) is 23.3. The number of nitrogens with zero attached hydrogens (tertiary/aromatic N) is 1. The van der Waals surface area contributed by atoms with Crippen molar-refractivity contribution in [2.24, 2.45) is 0 Å². The Morgan fingerprint density at radius 3 is 2.46 bits per heavy atom. The van der Waals surface area contributed by atoms with Crippen LogP contribution < -0.4 is 19.7 Å². The molecule has 0 radical (unpaired) electrons. The van der Waals surface area contributed by atoms with E-state index in [0.29, 0.717) is 42.2 Å². The summed E-state index contributed by atoms with van der Waals surface area (Å²) in [6, 6.07) is 12.4. The second-order valence-corrected chi connectivity index (χ2v) is 9.99. The van der Waals surface area contributed by atoms with Gasteiger partial charge in [0.05, 0.1) is 27.3 Å². The van der Waals surface area contributed by atoms with E-state index in [-0.39, 0.29) is 17.9 Å². The monoisotopic (exact) mass is 622 g/mol. The maximum absolute atomic E-state index is 13.3. The molecule has 1 aliphatic rings. The van der Waals surface area contributed by atoms with Crippen molar-refractivity contribution >= 4 is 80.3 Å². The second-order valence-electron chi connectivity index (χ2n) is 7.91. The zero-order valence-electron chi connectivity index (χ0n) is 19.4. The minimum atomic E-state index is -0.859. The summed E-state index contributed by atoms with van der Waals surface area (Å²) >= 11 is 21.7. The number of methoxy groups -OCH3 is 1. The third-order valence-corrected chi connectivity index (χ3v) is 7.25. The molecule has 1 saturated heterocycles. The summed E-state index contributed by atoms with van der Waals surface area (Å²) in [5, 5.41) is 3.43. The smallest absolute Gasteiger partial charge is 0.335 e. The molecule has 0 saturated carbocycles. The molecule has 4 amide bonds. The number of hydrogen-bond acceptors (Lipinski definition) is 5. The van der Waals surface area contributed by atoms with Crippen molar-refractivity contribution in [3.8, 4) is 11.5 Å². The normalized spacial score (nSPS) is 14.7. The molecule has 0 bridgehead atoms. The molecular formula is C26H18BrCl3N2O5. The van der Waals surface area contributed by atoms with Gasteiger partial charge in [0.1, 0.15) is 12.2 Å². The van der Waals surface area contributed by atoms with Gasteiger partial charge in [-0.3, -0.25) is 14.9 Å². The zero-order chi connectivity index (χ0) is 26.9. The number of halogens is 4. The predicted octanol–water partition coefficient (Wildman–Crippen LogP) is 6.97. The number of barbiturate groups is 1. The molecule has 1 fully saturated rings. The first kappa shape index (κ1) is 27.0. The Morgan fingerprint density at radius 2 is 1.76 bits per heavy atom. The van der Waals surface area contributed by atoms with Gasteiger partial charge in [-0.1, -0.05) is 46.9 Å². The van der Waals surface area contributed by atoms with Crippen LogP contribution in [0.1, 0.15) is 16.7 Å². The van der Waals surface area contributed by atoms with Gasteiger partial charge in [0.15, 0.2) is 11.5 Å². The molecule has 0 spiro atoms. The van der Waals surface area contributed by atoms with Gasteiger partial charge >= 0.3 is 6.03 Å². The first-order chi connectivity index (χ1) is 17.6. The van der Waals surface area contributed by atoms with Crippen molar-refractivity contribution in [3.05, 3.63) is 90.3 Å². The Kier molecular flexibility index (Phi) is 8.14. The van der Waals surface area contributed by atoms with Gasteiger partial charge in [-0.05, 0) is 82.0 Å². The third kappa shape index (κ3) is 5.62. The third-order valence-electron chi connectivity index (χ3n) is 5.51. The summed E-state index contributed by atoms with van der Waals surface area (Å²) in [5.41, 5.74) is 1.81. The van der Waals surface area contributed by atoms with Crippen molar-refractivity contribution in [3.63, 3.8) is 0 Å². The highest BCUT2D eigenvalue weighted by Crippen LogP contribution is 2.38. The Balaban J connectivity index is 1.65. The van der Waals surface area contributed by atoms with Gasteiger partial charge in [0.2, 0.25) is 0 Å². The Bertz CT molecular complexity index is 1470. The summed E-state index contributed by atoms with van der Waals surface area (Å²) in [6.45, 7) is 1.86. The minimum Gasteiger partial charge on any atom is -0.493 e. The molecular weight excluding hydrogens is 607 g/mol. The summed E-state index contributed by atoms with van der Waals surface area (Å²) in [4.78, 5) is 39.3. The molecule has 1 heterocycles. The molecule has 190 valence electrons. The van der Waals surface area contributed by atoms with Gasteiger partial charge in [0.25, 0.3) is 11.8 Å². The molecule has 7 nitrogen and oxygen atoms in total. The Labute approximate surface area is 236 Å². The molecule has 0 aromatic heterocycles. The van der Waals surface area contributed by atoms with E-state index in [1.807, 2.05) is 0 Å². The van der Waals surface area contributed by atoms with E-state index in [0.717, 1.165) is 10.5 Å². The van der Waals surface area contributed by atoms with Crippen LogP contribution in [0.15, 0.2) is 58.6 Å². The van der Waals surface area contributed by atoms with Gasteiger partial charge in [0, 0.05) is 5.02 Å². The number of benzene rings is 3. The van der Waals surface area contributed by atoms with Gasteiger partial charge in [-0.25, -0.2) is 9.69 Å². The fourth-order valence-electron chi connectivity index (χ4n) is 3.63. The Hall–Kier alpha value is -3.04. The number of carbonyl (C=O) groups excluding carboxylic acids is 3. The molecule has 1 N–H and O–H groups in total. The molecule has 37 heavy (non-hydrogen) atoms. The standard InChI is InChI=1S/C26H18BrCl3N2O5/c1-13-18(28)4-3-5-21(13)32-25(34)16(24(33)31-26(32)35)8-15-9-17(27)23(22(11-15)36-2)37-12-14-6-7-19(29)20(30)10-14/h3-11H,12H2,1-2H3,(H,31,33,35)/b16-8+. The summed E-state index contributed by atoms with van der Waals surface area (Å²) < 4.78 is 11.9. The first-order valence-corrected chi connectivity index (χ1v) is 12.6. The van der Waals surface area contributed by atoms with Gasteiger partial charge < -0.3 is 9.47 Å². The molecule has 3 aromatic rings. The van der Waals surface area contributed by atoms with Crippen LogP contribution in [0.5, 0.6) is 11.5 Å². The summed E-state index contributed by atoms with van der Waals surface area (Å²) in [7, 11) is 1.46. The number of rotatable bonds is 6. The van der Waals surface area contributed by atoms with Crippen LogP contribution in [0, 0.1) is 6.92 Å². The van der Waals surface area contributed by atoms with Crippen molar-refractivity contribution in [2.75, 3.05) is 12.0 Å². The number of amides is 4. The maximum atomic E-state index is 13.3. The average molecular weight is 625 g/mol. The molecule has 0 unspecified atom stereocenters. The minimum absolute atomic E-state index is 0.184. The molecule has 3 aromatic carbocycles. The number of nitrogens with one attached hydrogen (secondary N) is 1. The van der Waals surface area contributed by atoms with Crippen LogP contribution in [0.25, 0.3) is 6.08 Å². The number of hydrogen-bond donors (Lipinski definition) is 1. The SMILES string of the molecule is COc1cc(/C=C2\C(=O)NC(=O)N(c3cccc(Cl)c3C)C2=O)cc(Br)c1OCc1ccc(Cl)c(Cl)c1. The van der Waals surface area contributed by atoms with E-state index in [9.17, 15) is 14.4 Å². The van der Waals surface area contributed by atoms with Crippen LogP contribution in [-0.4, -0.2) is 25.0 Å². The predicted molar refractivity (Wildman–Crippen MR) is 147 cm³/mol. The maximum Gasteiger partial charge on any atom is 0.335 e. The highest BCUT2D eigenvalue weighted by atomic mass is 79.9. The first-order valence-electron chi connectivity index (χ1n) is 10.7. The summed E-state index contributed by atoms with van der Waals surface area (Å²) in [5.74, 6) is -0.847. The number of carbonyl (C=O) groups is 3. The van der Waals surface area contributed by atoms with E-state index >= 15 is 0 Å². The van der Waals surface area contributed by atoms with Crippen LogP contribution in [0.3, 0.4) is 0 Å². The lowest BCUT2D eigenvalue weighted by Crippen LogP contribution is -2.54. The number of urea groups is 1. The van der Waals surface area contributed by atoms with Crippen molar-refractivity contribution in [2.45, 2.75) is 13.5 Å². The lowest BCUT2D eigenvalue weighted by Gasteiger charge is -2.27. The quantitative estimate of drug-likeness (QED) is 0.237. The van der Waals surface area contributed by atoms with Crippen molar-refractivity contribution in [1.82, 2.24) is 5.32 Å². The average Bonchev–Trinajstić information content (AvgIpc) is 2.85. The van der Waals surface area contributed by atoms with Crippen LogP contribution in [0.4, 0.5) is 10.5 Å². The van der Waals surface area contributed by atoms with Crippen LogP contribution in [-0.2, 0) is 16.2 Å². The number of ether oxygens (including phenoxy) is 2. The Morgan fingerprint density at radius 1 is 1.00 bits per heavy atom. The highest BCUT2D eigenvalue weighted by molar-refractivity contribution is 9.10. The molecule has 4 rings (SSSR count). The van der Waals surface area contributed by atoms with Crippen LogP contribution in [0.2, 0.25) is 15.1 Å². The van der Waals surface area contributed by atoms with E-state index in [4.69, 9.17) is 44.3 Å². The molecule has 11 heteroatoms. The molecule has 0 atom stereocenters. The van der Waals surface area contributed by atoms with Crippen molar-refractivity contribution in [1.29, 1.82) is 0 Å².